The molecule has 0 unspecified atom stereocenters. The minimum absolute atomic E-state index is 0.0831. The third-order valence-electron chi connectivity index (χ3n) is 2.54. The zero-order valence-corrected chi connectivity index (χ0v) is 11.4. The Morgan fingerprint density at radius 3 is 2.00 bits per heavy atom. The van der Waals surface area contributed by atoms with Gasteiger partial charge < -0.3 is 0 Å². The second kappa shape index (κ2) is 3.72. The van der Waals surface area contributed by atoms with Crippen LogP contribution in [0.5, 0.6) is 0 Å². The van der Waals surface area contributed by atoms with Gasteiger partial charge in [-0.3, -0.25) is 4.57 Å². The molecule has 0 aromatic carbocycles. The number of rotatable bonds is 0. The molecule has 1 aromatic heterocycles. The minimum Gasteiger partial charge on any atom is -0.294 e. The molecule has 0 N–H and O–H groups in total. The van der Waals surface area contributed by atoms with Crippen LogP contribution in [0.15, 0.2) is 11.0 Å². The smallest absolute Gasteiger partial charge is 0.294 e. The Morgan fingerprint density at radius 2 is 1.62 bits per heavy atom. The van der Waals surface area contributed by atoms with Crippen molar-refractivity contribution in [2.45, 2.75) is 59.4 Å². The molecule has 0 saturated heterocycles. The first-order valence-electron chi connectivity index (χ1n) is 5.65. The highest BCUT2D eigenvalue weighted by Gasteiger charge is 2.22. The van der Waals surface area contributed by atoms with Crippen molar-refractivity contribution in [2.24, 2.45) is 0 Å². The average molecular weight is 222 g/mol. The Hall–Kier alpha value is -1.12. The third kappa shape index (κ3) is 2.52. The van der Waals surface area contributed by atoms with Crippen LogP contribution in [0.4, 0.5) is 0 Å². The summed E-state index contributed by atoms with van der Waals surface area (Å²) in [6.45, 7) is 14.2. The predicted octanol–water partition coefficient (Wildman–Crippen LogP) is 2.60. The van der Waals surface area contributed by atoms with Crippen molar-refractivity contribution in [2.75, 3.05) is 0 Å². The summed E-state index contributed by atoms with van der Waals surface area (Å²) in [5.74, 6) is 0. The normalized spacial score (nSPS) is 12.9. The second-order valence-corrected chi connectivity index (χ2v) is 6.35. The van der Waals surface area contributed by atoms with Crippen molar-refractivity contribution in [3.63, 3.8) is 0 Å². The van der Waals surface area contributed by atoms with Crippen molar-refractivity contribution >= 4 is 0 Å². The fourth-order valence-corrected chi connectivity index (χ4v) is 1.79. The fraction of sp³-hybridized carbons (Fsp3) is 0.692. The first-order valence-corrected chi connectivity index (χ1v) is 5.65. The van der Waals surface area contributed by atoms with Crippen LogP contribution in [-0.2, 0) is 11.0 Å². The van der Waals surface area contributed by atoms with Gasteiger partial charge in [-0.25, -0.2) is 4.79 Å². The van der Waals surface area contributed by atoms with Gasteiger partial charge in [0.15, 0.2) is 0 Å². The van der Waals surface area contributed by atoms with E-state index in [1.54, 1.807) is 4.57 Å². The van der Waals surface area contributed by atoms with Gasteiger partial charge in [0.25, 0.3) is 0 Å². The summed E-state index contributed by atoms with van der Waals surface area (Å²) in [5, 5.41) is 0. The Labute approximate surface area is 97.5 Å². The molecule has 0 spiro atoms. The molecule has 1 heterocycles. The highest BCUT2D eigenvalue weighted by atomic mass is 16.1. The van der Waals surface area contributed by atoms with Crippen molar-refractivity contribution in [1.29, 1.82) is 0 Å². The maximum absolute atomic E-state index is 11.9. The molecule has 0 radical (unpaired) electrons. The zero-order valence-electron chi connectivity index (χ0n) is 11.4. The van der Waals surface area contributed by atoms with E-state index in [-0.39, 0.29) is 16.6 Å². The van der Waals surface area contributed by atoms with Crippen LogP contribution in [0.1, 0.15) is 52.8 Å². The number of hydrogen-bond donors (Lipinski definition) is 0. The number of nitrogens with zero attached hydrogens (tertiary/aromatic N) is 2. The number of hydrogen-bond acceptors (Lipinski definition) is 2. The van der Waals surface area contributed by atoms with Gasteiger partial charge >= 0.3 is 5.69 Å². The summed E-state index contributed by atoms with van der Waals surface area (Å²) < 4.78 is 1.69. The van der Waals surface area contributed by atoms with Crippen LogP contribution in [0, 0.1) is 6.92 Å². The van der Waals surface area contributed by atoms with Gasteiger partial charge in [-0.05, 0) is 33.3 Å². The standard InChI is InChI=1S/C13H22N2O/c1-9-8-15(13(5,6)7)11(16)14-10(9)12(2,3)4/h8H,1-7H3. The Morgan fingerprint density at radius 1 is 1.12 bits per heavy atom. The molecule has 0 aliphatic carbocycles. The first kappa shape index (κ1) is 12.9. The molecule has 90 valence electrons. The lowest BCUT2D eigenvalue weighted by Gasteiger charge is -2.25. The SMILES string of the molecule is Cc1cn(C(C)(C)C)c(=O)nc1C(C)(C)C. The van der Waals surface area contributed by atoms with E-state index >= 15 is 0 Å². The van der Waals surface area contributed by atoms with E-state index in [0.717, 1.165) is 11.3 Å². The summed E-state index contributed by atoms with van der Waals surface area (Å²) in [6, 6.07) is 0. The average Bonchev–Trinajstić information content (AvgIpc) is 2.04. The molecule has 3 heteroatoms. The Bertz CT molecular complexity index is 444. The van der Waals surface area contributed by atoms with E-state index in [2.05, 4.69) is 25.8 Å². The van der Waals surface area contributed by atoms with Gasteiger partial charge in [0, 0.05) is 17.2 Å². The predicted molar refractivity (Wildman–Crippen MR) is 66.9 cm³/mol. The zero-order chi connectivity index (χ0) is 12.7. The van der Waals surface area contributed by atoms with E-state index in [1.807, 2.05) is 33.9 Å². The molecule has 0 atom stereocenters. The van der Waals surface area contributed by atoms with Crippen LogP contribution in [0.25, 0.3) is 0 Å². The van der Waals surface area contributed by atoms with Crippen molar-refractivity contribution < 1.29 is 0 Å². The quantitative estimate of drug-likeness (QED) is 0.676. The maximum Gasteiger partial charge on any atom is 0.348 e. The molecule has 16 heavy (non-hydrogen) atoms. The molecule has 0 bridgehead atoms. The van der Waals surface area contributed by atoms with Crippen LogP contribution in [0.3, 0.4) is 0 Å². The summed E-state index contributed by atoms with van der Waals surface area (Å²) in [7, 11) is 0. The van der Waals surface area contributed by atoms with Crippen LogP contribution < -0.4 is 5.69 Å². The van der Waals surface area contributed by atoms with Gasteiger partial charge in [-0.2, -0.15) is 4.98 Å². The van der Waals surface area contributed by atoms with Crippen molar-refractivity contribution in [3.05, 3.63) is 27.9 Å². The van der Waals surface area contributed by atoms with E-state index < -0.39 is 0 Å². The summed E-state index contributed by atoms with van der Waals surface area (Å²) in [4.78, 5) is 16.2. The molecule has 0 amide bonds. The van der Waals surface area contributed by atoms with Gasteiger partial charge in [-0.1, -0.05) is 20.8 Å². The largest absolute Gasteiger partial charge is 0.348 e. The highest BCUT2D eigenvalue weighted by molar-refractivity contribution is 5.22. The highest BCUT2D eigenvalue weighted by Crippen LogP contribution is 2.23. The van der Waals surface area contributed by atoms with E-state index in [4.69, 9.17) is 0 Å². The second-order valence-electron chi connectivity index (χ2n) is 6.35. The topological polar surface area (TPSA) is 34.9 Å². The van der Waals surface area contributed by atoms with Crippen molar-refractivity contribution in [1.82, 2.24) is 9.55 Å². The lowest BCUT2D eigenvalue weighted by atomic mass is 9.89. The van der Waals surface area contributed by atoms with E-state index in [0.29, 0.717) is 0 Å². The Kier molecular flexibility index (Phi) is 3.01. The third-order valence-corrected chi connectivity index (χ3v) is 2.54. The van der Waals surface area contributed by atoms with Crippen molar-refractivity contribution in [3.8, 4) is 0 Å². The minimum atomic E-state index is -0.217. The molecule has 1 rings (SSSR count). The molecule has 0 saturated carbocycles. The molecule has 0 aliphatic rings. The van der Waals surface area contributed by atoms with Crippen LogP contribution in [-0.4, -0.2) is 9.55 Å². The molecular formula is C13H22N2O. The van der Waals surface area contributed by atoms with Crippen LogP contribution >= 0.6 is 0 Å². The van der Waals surface area contributed by atoms with Gasteiger partial charge in [0.05, 0.1) is 5.69 Å². The monoisotopic (exact) mass is 222 g/mol. The molecule has 3 nitrogen and oxygen atoms in total. The summed E-state index contributed by atoms with van der Waals surface area (Å²) in [5.41, 5.74) is 1.49. The van der Waals surface area contributed by atoms with Gasteiger partial charge in [0.2, 0.25) is 0 Å². The van der Waals surface area contributed by atoms with Crippen LogP contribution in [0.2, 0.25) is 0 Å². The first-order chi connectivity index (χ1) is 7.03. The lowest BCUT2D eigenvalue weighted by Crippen LogP contribution is -2.37. The summed E-state index contributed by atoms with van der Waals surface area (Å²) >= 11 is 0. The maximum atomic E-state index is 11.9. The summed E-state index contributed by atoms with van der Waals surface area (Å²) in [6.07, 6.45) is 1.91. The fourth-order valence-electron chi connectivity index (χ4n) is 1.79. The number of aryl methyl sites for hydroxylation is 1. The van der Waals surface area contributed by atoms with Gasteiger partial charge in [0.1, 0.15) is 0 Å². The van der Waals surface area contributed by atoms with E-state index in [9.17, 15) is 4.79 Å². The Balaban J connectivity index is 3.46. The molecule has 1 aromatic rings. The molecule has 0 aliphatic heterocycles. The lowest BCUT2D eigenvalue weighted by molar-refractivity contribution is 0.372. The van der Waals surface area contributed by atoms with Gasteiger partial charge in [-0.15, -0.1) is 0 Å². The molecule has 0 fully saturated rings. The molecular weight excluding hydrogens is 200 g/mol. The van der Waals surface area contributed by atoms with E-state index in [1.165, 1.54) is 0 Å². The number of aromatic nitrogens is 2.